The molecule has 3 unspecified atom stereocenters. The summed E-state index contributed by atoms with van der Waals surface area (Å²) in [6.45, 7) is 7.41. The van der Waals surface area contributed by atoms with E-state index in [-0.39, 0.29) is 12.5 Å². The molecular weight excluding hydrogens is 190 g/mol. The van der Waals surface area contributed by atoms with Crippen molar-refractivity contribution in [3.8, 4) is 0 Å². The predicted molar refractivity (Wildman–Crippen MR) is 60.9 cm³/mol. The molecule has 0 saturated heterocycles. The average Bonchev–Trinajstić information content (AvgIpc) is 2.51. The fourth-order valence-electron chi connectivity index (χ4n) is 2.78. The van der Waals surface area contributed by atoms with Gasteiger partial charge in [-0.05, 0) is 38.6 Å². The Balaban J connectivity index is 2.50. The maximum absolute atomic E-state index is 10.7. The molecule has 1 aliphatic carbocycles. The third kappa shape index (κ3) is 3.49. The number of aliphatic carboxylic acids is 1. The minimum Gasteiger partial charge on any atom is -0.481 e. The molecule has 0 spiro atoms. The Hall–Kier alpha value is -0.570. The molecule has 0 aliphatic heterocycles. The summed E-state index contributed by atoms with van der Waals surface area (Å²) in [6.07, 6.45) is 4.02. The third-order valence-corrected chi connectivity index (χ3v) is 3.54. The van der Waals surface area contributed by atoms with Gasteiger partial charge in [-0.3, -0.25) is 9.69 Å². The third-order valence-electron chi connectivity index (χ3n) is 3.54. The Labute approximate surface area is 92.5 Å². The van der Waals surface area contributed by atoms with Gasteiger partial charge in [0.05, 0.1) is 6.42 Å². The molecule has 0 heterocycles. The first kappa shape index (κ1) is 12.5. The van der Waals surface area contributed by atoms with Crippen LogP contribution in [0.5, 0.6) is 0 Å². The lowest BCUT2D eigenvalue weighted by Gasteiger charge is -2.32. The molecule has 1 fully saturated rings. The largest absolute Gasteiger partial charge is 0.481 e. The van der Waals surface area contributed by atoms with Gasteiger partial charge in [-0.15, -0.1) is 0 Å². The monoisotopic (exact) mass is 213 g/mol. The number of carboxylic acids is 1. The second-order valence-corrected chi connectivity index (χ2v) is 4.85. The zero-order valence-corrected chi connectivity index (χ0v) is 10.1. The van der Waals surface area contributed by atoms with Crippen LogP contribution in [0.15, 0.2) is 0 Å². The lowest BCUT2D eigenvalue weighted by Crippen LogP contribution is -2.41. The standard InChI is InChI=1S/C12H23NO2/c1-4-13(10(3)8-12(14)15)11-6-5-9(2)7-11/h9-11H,4-8H2,1-3H3,(H,14,15). The van der Waals surface area contributed by atoms with Gasteiger partial charge in [-0.25, -0.2) is 0 Å². The molecule has 3 heteroatoms. The van der Waals surface area contributed by atoms with Crippen molar-refractivity contribution in [1.29, 1.82) is 0 Å². The molecule has 1 rings (SSSR count). The van der Waals surface area contributed by atoms with E-state index in [1.54, 1.807) is 0 Å². The summed E-state index contributed by atoms with van der Waals surface area (Å²) < 4.78 is 0. The summed E-state index contributed by atoms with van der Waals surface area (Å²) in [7, 11) is 0. The van der Waals surface area contributed by atoms with Crippen molar-refractivity contribution in [3.63, 3.8) is 0 Å². The highest BCUT2D eigenvalue weighted by Gasteiger charge is 2.29. The molecule has 88 valence electrons. The molecule has 0 aromatic carbocycles. The minimum atomic E-state index is -0.688. The van der Waals surface area contributed by atoms with Gasteiger partial charge in [0.2, 0.25) is 0 Å². The van der Waals surface area contributed by atoms with Crippen LogP contribution in [0.25, 0.3) is 0 Å². The Bertz CT molecular complexity index is 218. The second kappa shape index (κ2) is 5.50. The van der Waals surface area contributed by atoms with Crippen LogP contribution in [0.4, 0.5) is 0 Å². The van der Waals surface area contributed by atoms with Crippen LogP contribution in [-0.2, 0) is 4.79 Å². The zero-order chi connectivity index (χ0) is 11.4. The van der Waals surface area contributed by atoms with Crippen LogP contribution in [-0.4, -0.2) is 34.6 Å². The molecule has 0 amide bonds. The van der Waals surface area contributed by atoms with Crippen LogP contribution in [0.2, 0.25) is 0 Å². The summed E-state index contributed by atoms with van der Waals surface area (Å²) in [5.41, 5.74) is 0. The fraction of sp³-hybridized carbons (Fsp3) is 0.917. The van der Waals surface area contributed by atoms with E-state index >= 15 is 0 Å². The quantitative estimate of drug-likeness (QED) is 0.762. The average molecular weight is 213 g/mol. The van der Waals surface area contributed by atoms with Crippen molar-refractivity contribution in [2.45, 2.75) is 58.5 Å². The van der Waals surface area contributed by atoms with Crippen molar-refractivity contribution in [1.82, 2.24) is 4.90 Å². The molecule has 0 bridgehead atoms. The lowest BCUT2D eigenvalue weighted by molar-refractivity contribution is -0.138. The summed E-state index contributed by atoms with van der Waals surface area (Å²) in [5.74, 6) is 0.119. The van der Waals surface area contributed by atoms with Gasteiger partial charge in [0.1, 0.15) is 0 Å². The summed E-state index contributed by atoms with van der Waals surface area (Å²) >= 11 is 0. The number of rotatable bonds is 5. The predicted octanol–water partition coefficient (Wildman–Crippen LogP) is 2.36. The van der Waals surface area contributed by atoms with Crippen LogP contribution < -0.4 is 0 Å². The summed E-state index contributed by atoms with van der Waals surface area (Å²) in [4.78, 5) is 13.0. The van der Waals surface area contributed by atoms with Crippen LogP contribution in [0, 0.1) is 5.92 Å². The second-order valence-electron chi connectivity index (χ2n) is 4.85. The first-order valence-electron chi connectivity index (χ1n) is 6.02. The summed E-state index contributed by atoms with van der Waals surface area (Å²) in [5, 5.41) is 8.80. The molecular formula is C12H23NO2. The molecule has 15 heavy (non-hydrogen) atoms. The van der Waals surface area contributed by atoms with E-state index in [2.05, 4.69) is 18.7 Å². The Morgan fingerprint density at radius 2 is 2.20 bits per heavy atom. The molecule has 1 N–H and O–H groups in total. The van der Waals surface area contributed by atoms with Crippen LogP contribution in [0.1, 0.15) is 46.5 Å². The van der Waals surface area contributed by atoms with Crippen LogP contribution in [0.3, 0.4) is 0 Å². The summed E-state index contributed by atoms with van der Waals surface area (Å²) in [6, 6.07) is 0.780. The Kier molecular flexibility index (Phi) is 4.58. The van der Waals surface area contributed by atoms with Crippen molar-refractivity contribution < 1.29 is 9.90 Å². The van der Waals surface area contributed by atoms with Crippen LogP contribution >= 0.6 is 0 Å². The maximum Gasteiger partial charge on any atom is 0.304 e. The lowest BCUT2D eigenvalue weighted by atomic mass is 10.1. The van der Waals surface area contributed by atoms with Gasteiger partial charge in [-0.2, -0.15) is 0 Å². The van der Waals surface area contributed by atoms with Crippen molar-refractivity contribution in [2.75, 3.05) is 6.54 Å². The van der Waals surface area contributed by atoms with E-state index in [0.717, 1.165) is 12.5 Å². The van der Waals surface area contributed by atoms with Gasteiger partial charge < -0.3 is 5.11 Å². The van der Waals surface area contributed by atoms with Gasteiger partial charge in [0.15, 0.2) is 0 Å². The SMILES string of the molecule is CCN(C(C)CC(=O)O)C1CCC(C)C1. The molecule has 3 atom stereocenters. The number of hydrogen-bond acceptors (Lipinski definition) is 2. The van der Waals surface area contributed by atoms with E-state index in [1.165, 1.54) is 19.3 Å². The van der Waals surface area contributed by atoms with Gasteiger partial charge >= 0.3 is 5.97 Å². The molecule has 0 aromatic rings. The first-order valence-corrected chi connectivity index (χ1v) is 6.02. The highest BCUT2D eigenvalue weighted by atomic mass is 16.4. The van der Waals surface area contributed by atoms with Crippen molar-refractivity contribution >= 4 is 5.97 Å². The maximum atomic E-state index is 10.7. The highest BCUT2D eigenvalue weighted by molar-refractivity contribution is 5.67. The number of hydrogen-bond donors (Lipinski definition) is 1. The Morgan fingerprint density at radius 1 is 1.53 bits per heavy atom. The van der Waals surface area contributed by atoms with E-state index in [9.17, 15) is 4.79 Å². The van der Waals surface area contributed by atoms with Gasteiger partial charge in [0, 0.05) is 12.1 Å². The minimum absolute atomic E-state index is 0.169. The van der Waals surface area contributed by atoms with E-state index < -0.39 is 5.97 Å². The first-order chi connectivity index (χ1) is 7.04. The number of carbonyl (C=O) groups is 1. The smallest absolute Gasteiger partial charge is 0.304 e. The van der Waals surface area contributed by atoms with E-state index in [1.807, 2.05) is 6.92 Å². The Morgan fingerprint density at radius 3 is 2.60 bits per heavy atom. The normalized spacial score (nSPS) is 28.3. The molecule has 1 aliphatic rings. The molecule has 0 aromatic heterocycles. The topological polar surface area (TPSA) is 40.5 Å². The van der Waals surface area contributed by atoms with E-state index in [4.69, 9.17) is 5.11 Å². The fourth-order valence-corrected chi connectivity index (χ4v) is 2.78. The number of nitrogens with zero attached hydrogens (tertiary/aromatic N) is 1. The number of carboxylic acid groups (broad SMARTS) is 1. The molecule has 1 saturated carbocycles. The van der Waals surface area contributed by atoms with E-state index in [0.29, 0.717) is 6.04 Å². The van der Waals surface area contributed by atoms with Gasteiger partial charge in [-0.1, -0.05) is 13.8 Å². The van der Waals surface area contributed by atoms with Crippen molar-refractivity contribution in [2.24, 2.45) is 5.92 Å². The van der Waals surface area contributed by atoms with Gasteiger partial charge in [0.25, 0.3) is 0 Å². The van der Waals surface area contributed by atoms with Crippen molar-refractivity contribution in [3.05, 3.63) is 0 Å². The molecule has 0 radical (unpaired) electrons. The molecule has 3 nitrogen and oxygen atoms in total. The zero-order valence-electron chi connectivity index (χ0n) is 10.1. The highest BCUT2D eigenvalue weighted by Crippen LogP contribution is 2.30.